The van der Waals surface area contributed by atoms with Gasteiger partial charge in [-0.15, -0.1) is 11.3 Å². The molecule has 0 amide bonds. The van der Waals surface area contributed by atoms with Crippen LogP contribution >= 0.6 is 27.3 Å². The Labute approximate surface area is 128 Å². The third kappa shape index (κ3) is 2.76. The molecule has 2 N–H and O–H groups in total. The lowest BCUT2D eigenvalue weighted by Crippen LogP contribution is -2.00. The van der Waals surface area contributed by atoms with Gasteiger partial charge in [-0.05, 0) is 45.6 Å². The van der Waals surface area contributed by atoms with Gasteiger partial charge in [0.05, 0.1) is 21.2 Å². The molecule has 102 valence electrons. The van der Waals surface area contributed by atoms with Crippen LogP contribution in [0.2, 0.25) is 0 Å². The van der Waals surface area contributed by atoms with E-state index in [2.05, 4.69) is 31.4 Å². The Morgan fingerprint density at radius 3 is 3.00 bits per heavy atom. The average Bonchev–Trinajstić information content (AvgIpc) is 3.09. The highest BCUT2D eigenvalue weighted by molar-refractivity contribution is 9.10. The summed E-state index contributed by atoms with van der Waals surface area (Å²) in [5.74, 6) is -0.277. The third-order valence-electron chi connectivity index (χ3n) is 2.89. The predicted molar refractivity (Wildman–Crippen MR) is 83.3 cm³/mol. The summed E-state index contributed by atoms with van der Waals surface area (Å²) in [5, 5.41) is 12.3. The molecule has 3 aromatic rings. The van der Waals surface area contributed by atoms with Crippen LogP contribution in [0.4, 0.5) is 10.1 Å². The topological polar surface area (TPSA) is 40.7 Å². The van der Waals surface area contributed by atoms with Crippen LogP contribution < -0.4 is 5.32 Å². The van der Waals surface area contributed by atoms with Crippen molar-refractivity contribution >= 4 is 33.0 Å². The fourth-order valence-corrected chi connectivity index (χ4v) is 2.88. The number of benzene rings is 1. The Kier molecular flexibility index (Phi) is 3.84. The molecular weight excluding hydrogens is 341 g/mol. The molecule has 0 atom stereocenters. The standard InChI is InChI=1S/C14H11BrFN3S/c15-11-4-3-10(6-12(11)16)17-7-9-8-18-19-14(9)13-2-1-5-20-13/h1-6,8,17H,7H2,(H,18,19). The maximum absolute atomic E-state index is 13.4. The smallest absolute Gasteiger partial charge is 0.139 e. The molecule has 3 rings (SSSR count). The van der Waals surface area contributed by atoms with Crippen molar-refractivity contribution in [1.29, 1.82) is 0 Å². The van der Waals surface area contributed by atoms with Gasteiger partial charge in [0.1, 0.15) is 5.82 Å². The normalized spacial score (nSPS) is 10.7. The van der Waals surface area contributed by atoms with Gasteiger partial charge in [-0.1, -0.05) is 6.07 Å². The SMILES string of the molecule is Fc1cc(NCc2cn[nH]c2-c2cccs2)ccc1Br. The predicted octanol–water partition coefficient (Wildman–Crippen LogP) is 4.65. The van der Waals surface area contributed by atoms with Crippen LogP contribution in [-0.4, -0.2) is 10.2 Å². The second kappa shape index (κ2) is 5.76. The van der Waals surface area contributed by atoms with Gasteiger partial charge in [-0.2, -0.15) is 5.10 Å². The molecule has 0 fully saturated rings. The molecule has 20 heavy (non-hydrogen) atoms. The van der Waals surface area contributed by atoms with Gasteiger partial charge in [0.25, 0.3) is 0 Å². The van der Waals surface area contributed by atoms with Gasteiger partial charge in [-0.25, -0.2) is 4.39 Å². The average molecular weight is 352 g/mol. The summed E-state index contributed by atoms with van der Waals surface area (Å²) in [4.78, 5) is 1.14. The van der Waals surface area contributed by atoms with E-state index < -0.39 is 0 Å². The first-order valence-corrected chi connectivity index (χ1v) is 7.66. The number of anilines is 1. The van der Waals surface area contributed by atoms with E-state index >= 15 is 0 Å². The Hall–Kier alpha value is -1.66. The lowest BCUT2D eigenvalue weighted by Gasteiger charge is -2.07. The molecule has 0 saturated heterocycles. The van der Waals surface area contributed by atoms with Gasteiger partial charge in [0, 0.05) is 17.8 Å². The van der Waals surface area contributed by atoms with E-state index in [1.165, 1.54) is 6.07 Å². The zero-order valence-electron chi connectivity index (χ0n) is 10.4. The Balaban J connectivity index is 1.76. The minimum atomic E-state index is -0.277. The summed E-state index contributed by atoms with van der Waals surface area (Å²) in [5.41, 5.74) is 2.80. The molecule has 0 saturated carbocycles. The first-order valence-electron chi connectivity index (χ1n) is 5.99. The van der Waals surface area contributed by atoms with Gasteiger partial charge in [0.2, 0.25) is 0 Å². The fourth-order valence-electron chi connectivity index (χ4n) is 1.88. The number of halogens is 2. The van der Waals surface area contributed by atoms with Crippen molar-refractivity contribution in [3.8, 4) is 10.6 Å². The Morgan fingerprint density at radius 2 is 2.25 bits per heavy atom. The van der Waals surface area contributed by atoms with E-state index in [0.717, 1.165) is 21.8 Å². The number of hydrogen-bond donors (Lipinski definition) is 2. The van der Waals surface area contributed by atoms with E-state index in [9.17, 15) is 4.39 Å². The van der Waals surface area contributed by atoms with Crippen molar-refractivity contribution in [2.45, 2.75) is 6.54 Å². The first-order chi connectivity index (χ1) is 9.74. The maximum Gasteiger partial charge on any atom is 0.139 e. The molecule has 2 aromatic heterocycles. The molecule has 0 unspecified atom stereocenters. The Morgan fingerprint density at radius 1 is 1.35 bits per heavy atom. The van der Waals surface area contributed by atoms with Crippen LogP contribution in [0, 0.1) is 5.82 Å². The maximum atomic E-state index is 13.4. The number of aromatic amines is 1. The zero-order chi connectivity index (χ0) is 13.9. The van der Waals surface area contributed by atoms with Gasteiger partial charge < -0.3 is 5.32 Å². The van der Waals surface area contributed by atoms with Crippen molar-refractivity contribution in [3.05, 3.63) is 57.8 Å². The second-order valence-corrected chi connectivity index (χ2v) is 6.03. The summed E-state index contributed by atoms with van der Waals surface area (Å²) in [7, 11) is 0. The largest absolute Gasteiger partial charge is 0.381 e. The van der Waals surface area contributed by atoms with Gasteiger partial charge in [0.15, 0.2) is 0 Å². The molecular formula is C14H11BrFN3S. The lowest BCUT2D eigenvalue weighted by atomic mass is 10.2. The zero-order valence-corrected chi connectivity index (χ0v) is 12.8. The highest BCUT2D eigenvalue weighted by Crippen LogP contribution is 2.26. The first kappa shape index (κ1) is 13.3. The quantitative estimate of drug-likeness (QED) is 0.718. The minimum Gasteiger partial charge on any atom is -0.381 e. The second-order valence-electron chi connectivity index (χ2n) is 4.23. The summed E-state index contributed by atoms with van der Waals surface area (Å²) in [6.45, 7) is 0.588. The van der Waals surface area contributed by atoms with Crippen LogP contribution in [-0.2, 0) is 6.54 Å². The number of hydrogen-bond acceptors (Lipinski definition) is 3. The molecule has 0 bridgehead atoms. The van der Waals surface area contributed by atoms with Crippen LogP contribution in [0.1, 0.15) is 5.56 Å². The molecule has 6 heteroatoms. The molecule has 0 aliphatic rings. The summed E-state index contributed by atoms with van der Waals surface area (Å²) < 4.78 is 13.9. The number of aromatic nitrogens is 2. The minimum absolute atomic E-state index is 0.277. The van der Waals surface area contributed by atoms with E-state index in [0.29, 0.717) is 11.0 Å². The molecule has 0 radical (unpaired) electrons. The monoisotopic (exact) mass is 351 g/mol. The lowest BCUT2D eigenvalue weighted by molar-refractivity contribution is 0.621. The highest BCUT2D eigenvalue weighted by Gasteiger charge is 2.08. The van der Waals surface area contributed by atoms with Crippen molar-refractivity contribution < 1.29 is 4.39 Å². The van der Waals surface area contributed by atoms with Crippen LogP contribution in [0.3, 0.4) is 0 Å². The van der Waals surface area contributed by atoms with E-state index in [-0.39, 0.29) is 5.82 Å². The van der Waals surface area contributed by atoms with Crippen molar-refractivity contribution in [1.82, 2.24) is 10.2 Å². The number of nitrogens with zero attached hydrogens (tertiary/aromatic N) is 1. The summed E-state index contributed by atoms with van der Waals surface area (Å²) in [6.07, 6.45) is 1.79. The van der Waals surface area contributed by atoms with Gasteiger partial charge >= 0.3 is 0 Å². The van der Waals surface area contributed by atoms with E-state index in [4.69, 9.17) is 0 Å². The van der Waals surface area contributed by atoms with E-state index in [1.807, 2.05) is 23.6 Å². The number of thiophene rings is 1. The number of nitrogens with one attached hydrogen (secondary N) is 2. The summed E-state index contributed by atoms with van der Waals surface area (Å²) in [6, 6.07) is 9.03. The van der Waals surface area contributed by atoms with Crippen molar-refractivity contribution in [2.75, 3.05) is 5.32 Å². The van der Waals surface area contributed by atoms with Crippen LogP contribution in [0.5, 0.6) is 0 Å². The van der Waals surface area contributed by atoms with Crippen LogP contribution in [0.25, 0.3) is 10.6 Å². The Bertz CT molecular complexity index is 709. The molecule has 0 aliphatic heterocycles. The molecule has 0 aliphatic carbocycles. The number of H-pyrrole nitrogens is 1. The molecule has 1 aromatic carbocycles. The van der Waals surface area contributed by atoms with Crippen molar-refractivity contribution in [2.24, 2.45) is 0 Å². The molecule has 0 spiro atoms. The number of rotatable bonds is 4. The van der Waals surface area contributed by atoms with Gasteiger partial charge in [-0.3, -0.25) is 5.10 Å². The highest BCUT2D eigenvalue weighted by atomic mass is 79.9. The molecule has 2 heterocycles. The third-order valence-corrected chi connectivity index (χ3v) is 4.42. The van der Waals surface area contributed by atoms with E-state index in [1.54, 1.807) is 23.6 Å². The van der Waals surface area contributed by atoms with Crippen LogP contribution in [0.15, 0.2) is 46.4 Å². The summed E-state index contributed by atoms with van der Waals surface area (Å²) >= 11 is 4.80. The molecule has 3 nitrogen and oxygen atoms in total. The fraction of sp³-hybridized carbons (Fsp3) is 0.0714. The van der Waals surface area contributed by atoms with Crippen molar-refractivity contribution in [3.63, 3.8) is 0 Å².